The molecule has 0 unspecified atom stereocenters. The Labute approximate surface area is 184 Å². The Bertz CT molecular complexity index is 1160. The van der Waals surface area contributed by atoms with Gasteiger partial charge in [0, 0.05) is 61.8 Å². The highest BCUT2D eigenvalue weighted by Crippen LogP contribution is 2.40. The number of fused-ring (bicyclic) bond motifs is 1. The Balaban J connectivity index is 1.81. The predicted octanol–water partition coefficient (Wildman–Crippen LogP) is 3.43. The molecule has 0 saturated heterocycles. The van der Waals surface area contributed by atoms with Crippen molar-refractivity contribution in [2.24, 2.45) is 7.05 Å². The summed E-state index contributed by atoms with van der Waals surface area (Å²) in [4.78, 5) is 14.1. The molecule has 0 spiro atoms. The Morgan fingerprint density at radius 1 is 1.38 bits per heavy atom. The highest BCUT2D eigenvalue weighted by Gasteiger charge is 2.26. The third-order valence-corrected chi connectivity index (χ3v) is 5.62. The number of aromatic nitrogens is 2. The minimum Gasteiger partial charge on any atom is -0.361 e. The lowest BCUT2D eigenvalue weighted by molar-refractivity contribution is -0.116. The van der Waals surface area contributed by atoms with Crippen molar-refractivity contribution >= 4 is 17.8 Å². The van der Waals surface area contributed by atoms with E-state index in [0.717, 1.165) is 36.0 Å². The smallest absolute Gasteiger partial charge is 0.264 e. The second-order valence-corrected chi connectivity index (χ2v) is 7.62. The number of rotatable bonds is 5. The first-order chi connectivity index (χ1) is 15.4. The van der Waals surface area contributed by atoms with E-state index in [-0.39, 0.29) is 17.0 Å². The number of hydrogen-bond acceptors (Lipinski definition) is 5. The summed E-state index contributed by atoms with van der Waals surface area (Å²) in [6, 6.07) is 3.41. The van der Waals surface area contributed by atoms with E-state index in [0.29, 0.717) is 23.4 Å². The first-order valence-electron chi connectivity index (χ1n) is 10.3. The summed E-state index contributed by atoms with van der Waals surface area (Å²) in [5.41, 5.74) is 4.26. The highest BCUT2D eigenvalue weighted by atomic mass is 19.3. The van der Waals surface area contributed by atoms with E-state index >= 15 is 0 Å². The van der Waals surface area contributed by atoms with Crippen molar-refractivity contribution in [2.45, 2.75) is 19.3 Å². The van der Waals surface area contributed by atoms with Crippen LogP contribution in [-0.4, -0.2) is 35.5 Å². The molecule has 1 aromatic heterocycles. The van der Waals surface area contributed by atoms with Crippen molar-refractivity contribution in [3.8, 4) is 11.1 Å². The van der Waals surface area contributed by atoms with Gasteiger partial charge in [-0.25, -0.2) is 8.78 Å². The fourth-order valence-electron chi connectivity index (χ4n) is 4.09. The molecule has 32 heavy (non-hydrogen) atoms. The first-order valence-corrected chi connectivity index (χ1v) is 10.3. The molecular weight excluding hydrogens is 414 g/mol. The summed E-state index contributed by atoms with van der Waals surface area (Å²) in [5.74, 6) is -0.381. The van der Waals surface area contributed by atoms with Crippen LogP contribution in [0.1, 0.15) is 24.0 Å². The number of likely N-dealkylation sites (N-methyl/N-ethyl adjacent to an activating group) is 1. The predicted molar refractivity (Wildman–Crippen MR) is 120 cm³/mol. The number of anilines is 1. The van der Waals surface area contributed by atoms with Gasteiger partial charge in [0.2, 0.25) is 0 Å². The van der Waals surface area contributed by atoms with E-state index in [9.17, 15) is 13.6 Å². The van der Waals surface area contributed by atoms with Crippen molar-refractivity contribution in [1.29, 1.82) is 5.41 Å². The molecule has 1 aromatic carbocycles. The summed E-state index contributed by atoms with van der Waals surface area (Å²) in [5, 5.41) is 17.2. The average molecular weight is 438 g/mol. The van der Waals surface area contributed by atoms with Crippen LogP contribution < -0.4 is 15.5 Å². The maximum atomic E-state index is 14.0. The number of halogens is 2. The standard InChI is InChI=1S/C23H24F2N6O/c1-27-23(32)19(11-26)20-9-16(5-6-28-20)31-7-3-4-14-8-17(15-12-29-30(2)13-15)18(22(24)25)10-21(14)31/h5-6,8-13,22,26,28H,3-4,7H2,1-2H3,(H,27,32)/b20-19+,26-11?. The van der Waals surface area contributed by atoms with Crippen LogP contribution in [0, 0.1) is 5.41 Å². The molecule has 0 radical (unpaired) electrons. The fraction of sp³-hybridized carbons (Fsp3) is 0.261. The number of nitrogens with one attached hydrogen (secondary N) is 3. The molecule has 0 aliphatic carbocycles. The zero-order chi connectivity index (χ0) is 22.8. The van der Waals surface area contributed by atoms with Gasteiger partial charge in [0.25, 0.3) is 12.3 Å². The Morgan fingerprint density at radius 3 is 2.84 bits per heavy atom. The van der Waals surface area contributed by atoms with Crippen molar-refractivity contribution in [3.63, 3.8) is 0 Å². The molecule has 166 valence electrons. The lowest BCUT2D eigenvalue weighted by atomic mass is 9.92. The van der Waals surface area contributed by atoms with Gasteiger partial charge in [-0.15, -0.1) is 0 Å². The molecule has 3 N–H and O–H groups in total. The van der Waals surface area contributed by atoms with Crippen LogP contribution >= 0.6 is 0 Å². The summed E-state index contributed by atoms with van der Waals surface area (Å²) in [7, 11) is 3.26. The summed E-state index contributed by atoms with van der Waals surface area (Å²) < 4.78 is 29.7. The van der Waals surface area contributed by atoms with Crippen LogP contribution in [0.5, 0.6) is 0 Å². The number of dihydropyridines is 1. The zero-order valence-corrected chi connectivity index (χ0v) is 17.8. The minimum atomic E-state index is -2.63. The number of carbonyl (C=O) groups excluding carboxylic acids is 1. The normalized spacial score (nSPS) is 16.9. The molecule has 9 heteroatoms. The highest BCUT2D eigenvalue weighted by molar-refractivity contribution is 6.12. The van der Waals surface area contributed by atoms with E-state index < -0.39 is 6.43 Å². The number of hydrogen-bond donors (Lipinski definition) is 3. The third kappa shape index (κ3) is 3.93. The number of alkyl halides is 2. The number of amides is 1. The number of aryl methyl sites for hydroxylation is 2. The molecule has 2 aliphatic rings. The van der Waals surface area contributed by atoms with E-state index in [1.54, 1.807) is 42.5 Å². The van der Waals surface area contributed by atoms with Crippen LogP contribution in [0.3, 0.4) is 0 Å². The van der Waals surface area contributed by atoms with Gasteiger partial charge in [-0.2, -0.15) is 5.10 Å². The fourth-order valence-corrected chi connectivity index (χ4v) is 4.09. The summed E-state index contributed by atoms with van der Waals surface area (Å²) >= 11 is 0. The number of allylic oxidation sites excluding steroid dienone is 2. The van der Waals surface area contributed by atoms with Gasteiger partial charge < -0.3 is 20.9 Å². The second-order valence-electron chi connectivity index (χ2n) is 7.62. The van der Waals surface area contributed by atoms with Gasteiger partial charge in [-0.3, -0.25) is 9.48 Å². The summed E-state index contributed by atoms with van der Waals surface area (Å²) in [6.07, 6.45) is 8.62. The van der Waals surface area contributed by atoms with Crippen LogP contribution in [-0.2, 0) is 18.3 Å². The third-order valence-electron chi connectivity index (χ3n) is 5.62. The molecule has 3 heterocycles. The molecule has 0 fully saturated rings. The van der Waals surface area contributed by atoms with E-state index in [4.69, 9.17) is 5.41 Å². The van der Waals surface area contributed by atoms with Crippen LogP contribution in [0.4, 0.5) is 14.5 Å². The molecule has 2 aliphatic heterocycles. The van der Waals surface area contributed by atoms with Gasteiger partial charge in [-0.05, 0) is 48.3 Å². The number of benzene rings is 1. The molecule has 2 aromatic rings. The van der Waals surface area contributed by atoms with Crippen molar-refractivity contribution in [2.75, 3.05) is 18.5 Å². The second kappa shape index (κ2) is 8.78. The van der Waals surface area contributed by atoms with Gasteiger partial charge in [0.05, 0.1) is 17.5 Å². The maximum Gasteiger partial charge on any atom is 0.264 e. The number of nitrogens with zero attached hydrogens (tertiary/aromatic N) is 3. The van der Waals surface area contributed by atoms with E-state index in [1.165, 1.54) is 7.05 Å². The van der Waals surface area contributed by atoms with Crippen molar-refractivity contribution < 1.29 is 13.6 Å². The first kappa shape index (κ1) is 21.5. The van der Waals surface area contributed by atoms with Crippen molar-refractivity contribution in [1.82, 2.24) is 20.4 Å². The molecule has 1 amide bonds. The molecular formula is C23H24F2N6O. The van der Waals surface area contributed by atoms with Gasteiger partial charge >= 0.3 is 0 Å². The lowest BCUT2D eigenvalue weighted by Crippen LogP contribution is -2.31. The Morgan fingerprint density at radius 2 is 2.19 bits per heavy atom. The van der Waals surface area contributed by atoms with Crippen molar-refractivity contribution in [3.05, 3.63) is 71.0 Å². The molecule has 7 nitrogen and oxygen atoms in total. The zero-order valence-electron chi connectivity index (χ0n) is 17.8. The van der Waals surface area contributed by atoms with Gasteiger partial charge in [0.1, 0.15) is 0 Å². The minimum absolute atomic E-state index is 0.0385. The van der Waals surface area contributed by atoms with Crippen LogP contribution in [0.2, 0.25) is 0 Å². The van der Waals surface area contributed by atoms with E-state index in [2.05, 4.69) is 15.7 Å². The monoisotopic (exact) mass is 438 g/mol. The SMILES string of the molecule is CNC(=O)/C(C=N)=C1\C=C(N2CCCc3cc(-c4cnn(C)c4)c(C(F)F)cc32)C=CN1. The molecule has 0 saturated carbocycles. The van der Waals surface area contributed by atoms with Gasteiger partial charge in [0.15, 0.2) is 0 Å². The maximum absolute atomic E-state index is 14.0. The average Bonchev–Trinajstić information content (AvgIpc) is 3.24. The largest absolute Gasteiger partial charge is 0.361 e. The van der Waals surface area contributed by atoms with Gasteiger partial charge in [-0.1, -0.05) is 0 Å². The van der Waals surface area contributed by atoms with Crippen LogP contribution in [0.25, 0.3) is 11.1 Å². The Hall–Kier alpha value is -3.75. The quantitative estimate of drug-likeness (QED) is 0.493. The topological polar surface area (TPSA) is 86.0 Å². The van der Waals surface area contributed by atoms with Crippen LogP contribution in [0.15, 0.2) is 59.8 Å². The van der Waals surface area contributed by atoms with E-state index in [1.807, 2.05) is 17.0 Å². The summed E-state index contributed by atoms with van der Waals surface area (Å²) in [6.45, 7) is 0.658. The lowest BCUT2D eigenvalue weighted by Gasteiger charge is -2.34. The Kier molecular flexibility index (Phi) is 5.89. The molecule has 4 rings (SSSR count). The number of carbonyl (C=O) groups is 1. The molecule has 0 bridgehead atoms. The molecule has 0 atom stereocenters.